The molecule has 0 unspecified atom stereocenters. The van der Waals surface area contributed by atoms with Gasteiger partial charge in [-0.25, -0.2) is 0 Å². The number of nitrogens with zero attached hydrogens (tertiary/aromatic N) is 2. The van der Waals surface area contributed by atoms with Crippen molar-refractivity contribution in [3.05, 3.63) is 66.2 Å². The van der Waals surface area contributed by atoms with Gasteiger partial charge in [-0.15, -0.1) is 0 Å². The first-order valence-electron chi connectivity index (χ1n) is 12.1. The van der Waals surface area contributed by atoms with Gasteiger partial charge in [-0.1, -0.05) is 12.1 Å². The van der Waals surface area contributed by atoms with E-state index in [0.29, 0.717) is 0 Å². The third kappa shape index (κ3) is 4.66. The lowest BCUT2D eigenvalue weighted by molar-refractivity contribution is 0.249. The number of furan rings is 1. The van der Waals surface area contributed by atoms with E-state index in [9.17, 15) is 0 Å². The number of piperazine rings is 1. The van der Waals surface area contributed by atoms with Crippen LogP contribution in [0.15, 0.2) is 65.1 Å². The third-order valence-electron chi connectivity index (χ3n) is 6.75. The van der Waals surface area contributed by atoms with Crippen LogP contribution >= 0.6 is 0 Å². The number of benzene rings is 3. The minimum absolute atomic E-state index is 0.743. The Balaban J connectivity index is 1.31. The standard InChI is InChI=1S/C29H32N2O5/c1-32-24-8-6-5-7-23(24)26-17-21-15-20(16-28(35-4)29(21)36-26)19-30-11-13-31(14-12-30)22-9-10-25(33-2)27(18-22)34-3/h5-10,15-18H,11-14,19H2,1-4H3. The zero-order chi connectivity index (χ0) is 25.1. The summed E-state index contributed by atoms with van der Waals surface area (Å²) in [4.78, 5) is 4.86. The molecule has 1 aromatic heterocycles. The molecule has 36 heavy (non-hydrogen) atoms. The van der Waals surface area contributed by atoms with Gasteiger partial charge in [0.25, 0.3) is 0 Å². The van der Waals surface area contributed by atoms with E-state index in [1.807, 2.05) is 36.4 Å². The first-order valence-corrected chi connectivity index (χ1v) is 12.1. The lowest BCUT2D eigenvalue weighted by Gasteiger charge is -2.36. The molecule has 0 aliphatic carbocycles. The van der Waals surface area contributed by atoms with E-state index < -0.39 is 0 Å². The molecule has 0 atom stereocenters. The normalized spacial score (nSPS) is 14.2. The molecule has 1 aliphatic rings. The Morgan fingerprint density at radius 1 is 0.694 bits per heavy atom. The predicted molar refractivity (Wildman–Crippen MR) is 142 cm³/mol. The van der Waals surface area contributed by atoms with Crippen LogP contribution < -0.4 is 23.8 Å². The second-order valence-corrected chi connectivity index (χ2v) is 8.83. The van der Waals surface area contributed by atoms with Crippen molar-refractivity contribution in [2.45, 2.75) is 6.54 Å². The summed E-state index contributed by atoms with van der Waals surface area (Å²) in [5, 5.41) is 1.02. The Morgan fingerprint density at radius 2 is 1.42 bits per heavy atom. The van der Waals surface area contributed by atoms with Crippen LogP contribution in [-0.2, 0) is 6.54 Å². The summed E-state index contributed by atoms with van der Waals surface area (Å²) in [5.41, 5.74) is 4.02. The predicted octanol–water partition coefficient (Wildman–Crippen LogP) is 5.46. The first kappa shape index (κ1) is 23.9. The van der Waals surface area contributed by atoms with E-state index in [-0.39, 0.29) is 0 Å². The van der Waals surface area contributed by atoms with E-state index in [0.717, 1.165) is 83.7 Å². The Kier molecular flexibility index (Phi) is 6.91. The van der Waals surface area contributed by atoms with Crippen LogP contribution in [0.25, 0.3) is 22.3 Å². The van der Waals surface area contributed by atoms with Gasteiger partial charge in [0.1, 0.15) is 11.5 Å². The summed E-state index contributed by atoms with van der Waals surface area (Å²) < 4.78 is 28.3. The number of para-hydroxylation sites is 1. The van der Waals surface area contributed by atoms with Crippen molar-refractivity contribution in [2.75, 3.05) is 59.5 Å². The molecule has 4 aromatic rings. The number of hydrogen-bond acceptors (Lipinski definition) is 7. The molecule has 0 N–H and O–H groups in total. The summed E-state index contributed by atoms with van der Waals surface area (Å²) in [5.74, 6) is 3.79. The number of ether oxygens (including phenoxy) is 4. The highest BCUT2D eigenvalue weighted by Gasteiger charge is 2.20. The SMILES string of the molecule is COc1ccc(N2CCN(Cc3cc(OC)c4oc(-c5ccccc5OC)cc4c3)CC2)cc1OC. The topological polar surface area (TPSA) is 56.5 Å². The van der Waals surface area contributed by atoms with Gasteiger partial charge in [0.15, 0.2) is 22.8 Å². The van der Waals surface area contributed by atoms with E-state index in [1.54, 1.807) is 28.4 Å². The molecule has 1 fully saturated rings. The fourth-order valence-corrected chi connectivity index (χ4v) is 4.85. The highest BCUT2D eigenvalue weighted by molar-refractivity contribution is 5.89. The summed E-state index contributed by atoms with van der Waals surface area (Å²) >= 11 is 0. The number of fused-ring (bicyclic) bond motifs is 1. The molecule has 188 valence electrons. The van der Waals surface area contributed by atoms with Crippen molar-refractivity contribution in [1.29, 1.82) is 0 Å². The molecular formula is C29H32N2O5. The lowest BCUT2D eigenvalue weighted by atomic mass is 10.1. The second-order valence-electron chi connectivity index (χ2n) is 8.83. The van der Waals surface area contributed by atoms with Gasteiger partial charge in [0, 0.05) is 49.9 Å². The monoisotopic (exact) mass is 488 g/mol. The van der Waals surface area contributed by atoms with E-state index in [2.05, 4.69) is 34.1 Å². The van der Waals surface area contributed by atoms with Crippen LogP contribution in [0.4, 0.5) is 5.69 Å². The Morgan fingerprint density at radius 3 is 2.14 bits per heavy atom. The van der Waals surface area contributed by atoms with E-state index in [4.69, 9.17) is 23.4 Å². The van der Waals surface area contributed by atoms with Gasteiger partial charge in [-0.05, 0) is 48.0 Å². The molecule has 0 amide bonds. The highest BCUT2D eigenvalue weighted by Crippen LogP contribution is 2.38. The Bertz CT molecular complexity index is 1340. The van der Waals surface area contributed by atoms with Crippen molar-refractivity contribution in [3.63, 3.8) is 0 Å². The first-order chi connectivity index (χ1) is 17.6. The lowest BCUT2D eigenvalue weighted by Crippen LogP contribution is -2.45. The molecule has 0 radical (unpaired) electrons. The van der Waals surface area contributed by atoms with Gasteiger partial charge in [-0.3, -0.25) is 4.90 Å². The Hall–Kier alpha value is -3.84. The summed E-state index contributed by atoms with van der Waals surface area (Å²) in [6, 6.07) is 20.3. The average molecular weight is 489 g/mol. The van der Waals surface area contributed by atoms with Gasteiger partial charge >= 0.3 is 0 Å². The van der Waals surface area contributed by atoms with E-state index in [1.165, 1.54) is 5.56 Å². The molecule has 7 nitrogen and oxygen atoms in total. The smallest absolute Gasteiger partial charge is 0.176 e. The number of anilines is 1. The third-order valence-corrected chi connectivity index (χ3v) is 6.75. The molecular weight excluding hydrogens is 456 g/mol. The van der Waals surface area contributed by atoms with Crippen LogP contribution in [0.5, 0.6) is 23.0 Å². The molecule has 5 rings (SSSR count). The molecule has 1 saturated heterocycles. The molecule has 0 saturated carbocycles. The molecule has 0 bridgehead atoms. The zero-order valence-electron chi connectivity index (χ0n) is 21.2. The van der Waals surface area contributed by atoms with E-state index >= 15 is 0 Å². The molecule has 7 heteroatoms. The fraction of sp³-hybridized carbons (Fsp3) is 0.310. The van der Waals surface area contributed by atoms with Crippen LogP contribution in [0.1, 0.15) is 5.56 Å². The molecule has 3 aromatic carbocycles. The fourth-order valence-electron chi connectivity index (χ4n) is 4.85. The number of methoxy groups -OCH3 is 4. The maximum Gasteiger partial charge on any atom is 0.176 e. The van der Waals surface area contributed by atoms with Crippen molar-refractivity contribution in [1.82, 2.24) is 4.90 Å². The maximum absolute atomic E-state index is 6.22. The largest absolute Gasteiger partial charge is 0.496 e. The van der Waals surface area contributed by atoms with Gasteiger partial charge in [0.2, 0.25) is 0 Å². The molecule has 0 spiro atoms. The van der Waals surface area contributed by atoms with Crippen LogP contribution in [-0.4, -0.2) is 59.5 Å². The second kappa shape index (κ2) is 10.4. The number of rotatable bonds is 8. The van der Waals surface area contributed by atoms with Crippen LogP contribution in [0, 0.1) is 0 Å². The maximum atomic E-state index is 6.22. The zero-order valence-corrected chi connectivity index (χ0v) is 21.2. The summed E-state index contributed by atoms with van der Waals surface area (Å²) in [6.07, 6.45) is 0. The highest BCUT2D eigenvalue weighted by atomic mass is 16.5. The van der Waals surface area contributed by atoms with Crippen LogP contribution in [0.2, 0.25) is 0 Å². The van der Waals surface area contributed by atoms with Gasteiger partial charge < -0.3 is 28.3 Å². The number of hydrogen-bond donors (Lipinski definition) is 0. The average Bonchev–Trinajstić information content (AvgIpc) is 3.36. The van der Waals surface area contributed by atoms with Crippen LogP contribution in [0.3, 0.4) is 0 Å². The minimum atomic E-state index is 0.743. The Labute approximate surface area is 211 Å². The molecule has 2 heterocycles. The van der Waals surface area contributed by atoms with Crippen molar-refractivity contribution in [3.8, 4) is 34.3 Å². The van der Waals surface area contributed by atoms with Gasteiger partial charge in [0.05, 0.1) is 34.0 Å². The van der Waals surface area contributed by atoms with Crippen molar-refractivity contribution >= 4 is 16.7 Å². The van der Waals surface area contributed by atoms with Crippen molar-refractivity contribution in [2.24, 2.45) is 0 Å². The van der Waals surface area contributed by atoms with Crippen molar-refractivity contribution < 1.29 is 23.4 Å². The molecule has 1 aliphatic heterocycles. The summed E-state index contributed by atoms with van der Waals surface area (Å²) in [7, 11) is 6.69. The van der Waals surface area contributed by atoms with Gasteiger partial charge in [-0.2, -0.15) is 0 Å². The minimum Gasteiger partial charge on any atom is -0.496 e. The quantitative estimate of drug-likeness (QED) is 0.327. The summed E-state index contributed by atoms with van der Waals surface area (Å²) in [6.45, 7) is 4.66.